The van der Waals surface area contributed by atoms with Gasteiger partial charge < -0.3 is 9.52 Å². The number of hydrogen-bond acceptors (Lipinski definition) is 3. The van der Waals surface area contributed by atoms with Gasteiger partial charge in [0.1, 0.15) is 11.7 Å². The van der Waals surface area contributed by atoms with E-state index in [1.165, 1.54) is 27.0 Å². The van der Waals surface area contributed by atoms with Gasteiger partial charge >= 0.3 is 5.97 Å². The number of halogens is 1. The Morgan fingerprint density at radius 2 is 2.29 bits per heavy atom. The van der Waals surface area contributed by atoms with E-state index in [-0.39, 0.29) is 11.7 Å². The number of hydrogen-bond donors (Lipinski definition) is 1. The second-order valence-corrected chi connectivity index (χ2v) is 3.60. The van der Waals surface area contributed by atoms with Crippen molar-refractivity contribution in [3.05, 3.63) is 17.8 Å². The van der Waals surface area contributed by atoms with Crippen molar-refractivity contribution in [2.24, 2.45) is 0 Å². The van der Waals surface area contributed by atoms with Crippen LogP contribution in [0.2, 0.25) is 0 Å². The van der Waals surface area contributed by atoms with E-state index in [1.807, 2.05) is 0 Å². The molecular formula is C9H12FNO3. The molecule has 0 saturated heterocycles. The Bertz CT molecular complexity index is 340. The van der Waals surface area contributed by atoms with E-state index >= 15 is 0 Å². The number of alkyl halides is 1. The normalized spacial score (nSPS) is 14.0. The topological polar surface area (TPSA) is 63.3 Å². The molecule has 1 unspecified atom stereocenters. The van der Waals surface area contributed by atoms with Crippen molar-refractivity contribution in [2.75, 3.05) is 0 Å². The first-order valence-electron chi connectivity index (χ1n) is 4.20. The first-order valence-corrected chi connectivity index (χ1v) is 4.20. The fourth-order valence-corrected chi connectivity index (χ4v) is 0.883. The van der Waals surface area contributed by atoms with Gasteiger partial charge in [0.2, 0.25) is 5.89 Å². The fraction of sp³-hybridized carbons (Fsp3) is 0.556. The Morgan fingerprint density at radius 3 is 2.64 bits per heavy atom. The van der Waals surface area contributed by atoms with E-state index in [4.69, 9.17) is 9.52 Å². The molecule has 0 fully saturated rings. The minimum atomic E-state index is -1.68. The summed E-state index contributed by atoms with van der Waals surface area (Å²) >= 11 is 0. The summed E-state index contributed by atoms with van der Waals surface area (Å²) in [5, 5.41) is 8.67. The minimum absolute atomic E-state index is 0.0967. The third kappa shape index (κ3) is 2.10. The lowest BCUT2D eigenvalue weighted by molar-refractivity contribution is -0.138. The highest BCUT2D eigenvalue weighted by Gasteiger charge is 2.27. The average molecular weight is 201 g/mol. The van der Waals surface area contributed by atoms with Crippen molar-refractivity contribution >= 4 is 5.97 Å². The van der Waals surface area contributed by atoms with Gasteiger partial charge in [0, 0.05) is 0 Å². The second kappa shape index (κ2) is 3.40. The largest absolute Gasteiger partial charge is 0.481 e. The van der Waals surface area contributed by atoms with Gasteiger partial charge in [-0.15, -0.1) is 0 Å². The number of aliphatic carboxylic acids is 1. The van der Waals surface area contributed by atoms with Crippen molar-refractivity contribution in [3.63, 3.8) is 0 Å². The molecule has 0 saturated carbocycles. The Labute approximate surface area is 80.8 Å². The molecule has 1 aromatic heterocycles. The van der Waals surface area contributed by atoms with Crippen molar-refractivity contribution in [2.45, 2.75) is 32.4 Å². The molecule has 0 aliphatic carbocycles. The minimum Gasteiger partial charge on any atom is -0.481 e. The molecule has 1 aromatic rings. The Balaban J connectivity index is 2.94. The molecule has 4 nitrogen and oxygen atoms in total. The van der Waals surface area contributed by atoms with Crippen LogP contribution in [-0.2, 0) is 10.5 Å². The molecule has 1 heterocycles. The molecule has 5 heteroatoms. The van der Waals surface area contributed by atoms with Crippen molar-refractivity contribution < 1.29 is 18.7 Å². The quantitative estimate of drug-likeness (QED) is 0.813. The molecule has 0 amide bonds. The van der Waals surface area contributed by atoms with Crippen LogP contribution >= 0.6 is 0 Å². The number of nitrogens with zero attached hydrogens (tertiary/aromatic N) is 1. The van der Waals surface area contributed by atoms with Crippen LogP contribution in [0.3, 0.4) is 0 Å². The SMILES string of the molecule is CC(C(=O)O)c1cnc(C(C)(C)F)o1. The van der Waals surface area contributed by atoms with Crippen molar-refractivity contribution in [1.29, 1.82) is 0 Å². The summed E-state index contributed by atoms with van der Waals surface area (Å²) in [7, 11) is 0. The molecule has 0 aliphatic heterocycles. The van der Waals surface area contributed by atoms with E-state index in [2.05, 4.69) is 4.98 Å². The Morgan fingerprint density at radius 1 is 1.71 bits per heavy atom. The molecule has 0 aliphatic rings. The maximum Gasteiger partial charge on any atom is 0.313 e. The molecule has 0 bridgehead atoms. The molecule has 14 heavy (non-hydrogen) atoms. The number of carbonyl (C=O) groups is 1. The summed E-state index contributed by atoms with van der Waals surface area (Å²) < 4.78 is 18.3. The number of carboxylic acid groups (broad SMARTS) is 1. The number of carboxylic acids is 1. The van der Waals surface area contributed by atoms with Crippen LogP contribution in [0.5, 0.6) is 0 Å². The monoisotopic (exact) mass is 201 g/mol. The maximum atomic E-state index is 13.3. The van der Waals surface area contributed by atoms with Gasteiger partial charge in [0.15, 0.2) is 5.67 Å². The third-order valence-electron chi connectivity index (χ3n) is 1.83. The third-order valence-corrected chi connectivity index (χ3v) is 1.83. The molecular weight excluding hydrogens is 189 g/mol. The summed E-state index contributed by atoms with van der Waals surface area (Å²) in [6.45, 7) is 4.06. The van der Waals surface area contributed by atoms with Gasteiger partial charge in [-0.3, -0.25) is 4.79 Å². The highest BCUT2D eigenvalue weighted by atomic mass is 19.1. The summed E-state index contributed by atoms with van der Waals surface area (Å²) in [6.07, 6.45) is 1.25. The van der Waals surface area contributed by atoms with Crippen molar-refractivity contribution in [3.8, 4) is 0 Å². The van der Waals surface area contributed by atoms with E-state index in [0.717, 1.165) is 0 Å². The Hall–Kier alpha value is -1.39. The smallest absolute Gasteiger partial charge is 0.313 e. The molecule has 1 N–H and O–H groups in total. The van der Waals surface area contributed by atoms with Gasteiger partial charge in [-0.2, -0.15) is 0 Å². The van der Waals surface area contributed by atoms with Crippen LogP contribution in [0.15, 0.2) is 10.6 Å². The van der Waals surface area contributed by atoms with Crippen LogP contribution in [0.1, 0.15) is 38.3 Å². The van der Waals surface area contributed by atoms with Crippen LogP contribution in [0, 0.1) is 0 Å². The predicted molar refractivity (Wildman–Crippen MR) is 46.7 cm³/mol. The summed E-state index contributed by atoms with van der Waals surface area (Å²) in [5.74, 6) is -1.76. The van der Waals surface area contributed by atoms with Crippen molar-refractivity contribution in [1.82, 2.24) is 4.98 Å². The molecule has 78 valence electrons. The van der Waals surface area contributed by atoms with Crippen LogP contribution in [-0.4, -0.2) is 16.1 Å². The van der Waals surface area contributed by atoms with E-state index < -0.39 is 17.6 Å². The van der Waals surface area contributed by atoms with Crippen LogP contribution in [0.25, 0.3) is 0 Å². The maximum absolute atomic E-state index is 13.3. The van der Waals surface area contributed by atoms with Gasteiger partial charge in [0.05, 0.1) is 6.20 Å². The Kier molecular flexibility index (Phi) is 2.59. The van der Waals surface area contributed by atoms with Gasteiger partial charge in [-0.1, -0.05) is 0 Å². The fourth-order valence-electron chi connectivity index (χ4n) is 0.883. The predicted octanol–water partition coefficient (Wildman–Crippen LogP) is 2.07. The average Bonchev–Trinajstić information content (AvgIpc) is 2.49. The zero-order valence-corrected chi connectivity index (χ0v) is 8.24. The molecule has 1 atom stereocenters. The van der Waals surface area contributed by atoms with E-state index in [9.17, 15) is 9.18 Å². The lowest BCUT2D eigenvalue weighted by Gasteiger charge is -2.08. The summed E-state index contributed by atoms with van der Waals surface area (Å²) in [4.78, 5) is 14.3. The highest BCUT2D eigenvalue weighted by Crippen LogP contribution is 2.26. The van der Waals surface area contributed by atoms with Gasteiger partial charge in [-0.05, 0) is 20.8 Å². The number of rotatable bonds is 3. The number of aromatic nitrogens is 1. The van der Waals surface area contributed by atoms with Gasteiger partial charge in [-0.25, -0.2) is 9.37 Å². The standard InChI is InChI=1S/C9H12FNO3/c1-5(7(12)13)6-4-11-8(14-6)9(2,3)10/h4-5H,1-3H3,(H,12,13). The van der Waals surface area contributed by atoms with Crippen LogP contribution in [0.4, 0.5) is 4.39 Å². The molecule has 0 spiro atoms. The zero-order valence-electron chi connectivity index (χ0n) is 8.24. The lowest BCUT2D eigenvalue weighted by atomic mass is 10.1. The zero-order chi connectivity index (χ0) is 10.9. The first-order chi connectivity index (χ1) is 6.32. The van der Waals surface area contributed by atoms with E-state index in [0.29, 0.717) is 0 Å². The van der Waals surface area contributed by atoms with Crippen LogP contribution < -0.4 is 0 Å². The molecule has 0 aromatic carbocycles. The first kappa shape index (κ1) is 10.7. The molecule has 1 rings (SSSR count). The second-order valence-electron chi connectivity index (χ2n) is 3.60. The highest BCUT2D eigenvalue weighted by molar-refractivity contribution is 5.74. The molecule has 0 radical (unpaired) electrons. The summed E-state index contributed by atoms with van der Waals surface area (Å²) in [6, 6.07) is 0. The number of oxazole rings is 1. The summed E-state index contributed by atoms with van der Waals surface area (Å²) in [5.41, 5.74) is -1.68. The van der Waals surface area contributed by atoms with E-state index in [1.54, 1.807) is 0 Å². The lowest BCUT2D eigenvalue weighted by Crippen LogP contribution is -2.09. The van der Waals surface area contributed by atoms with Gasteiger partial charge in [0.25, 0.3) is 0 Å².